The van der Waals surface area contributed by atoms with Crippen LogP contribution in [0.5, 0.6) is 5.75 Å². The molecule has 0 amide bonds. The van der Waals surface area contributed by atoms with E-state index in [-0.39, 0.29) is 17.4 Å². The van der Waals surface area contributed by atoms with Crippen LogP contribution in [0.15, 0.2) is 18.2 Å². The molecule has 80 valence electrons. The third-order valence-electron chi connectivity index (χ3n) is 2.23. The number of benzene rings is 1. The van der Waals surface area contributed by atoms with Gasteiger partial charge in [0, 0.05) is 11.8 Å². The first-order chi connectivity index (χ1) is 7.04. The van der Waals surface area contributed by atoms with Crippen LogP contribution >= 0.6 is 0 Å². The number of nitrogens with two attached hydrogens (primary N) is 1. The summed E-state index contributed by atoms with van der Waals surface area (Å²) in [6.45, 7) is 1.64. The lowest BCUT2D eigenvalue weighted by atomic mass is 10.0. The van der Waals surface area contributed by atoms with Crippen molar-refractivity contribution in [3.8, 4) is 5.75 Å². The van der Waals surface area contributed by atoms with Crippen LogP contribution in [0.1, 0.15) is 22.8 Å². The number of phenolic OH excluding ortho intramolecular Hbond substituents is 1. The van der Waals surface area contributed by atoms with Crippen LogP contribution in [0, 0.1) is 5.41 Å². The van der Waals surface area contributed by atoms with Gasteiger partial charge in [-0.05, 0) is 31.0 Å². The van der Waals surface area contributed by atoms with Gasteiger partial charge in [0.25, 0.3) is 0 Å². The molecule has 4 N–H and O–H groups in total. The predicted molar refractivity (Wildman–Crippen MR) is 58.6 cm³/mol. The highest BCUT2D eigenvalue weighted by Crippen LogP contribution is 2.17. The molecular formula is C11H14N2O2. The molecule has 0 saturated carbocycles. The Morgan fingerprint density at radius 1 is 1.67 bits per heavy atom. The summed E-state index contributed by atoms with van der Waals surface area (Å²) in [7, 11) is 0. The van der Waals surface area contributed by atoms with Gasteiger partial charge in [-0.15, -0.1) is 0 Å². The van der Waals surface area contributed by atoms with Gasteiger partial charge in [0.15, 0.2) is 6.29 Å². The van der Waals surface area contributed by atoms with Crippen molar-refractivity contribution in [2.75, 3.05) is 0 Å². The summed E-state index contributed by atoms with van der Waals surface area (Å²) in [6.07, 6.45) is 1.10. The predicted octanol–water partition coefficient (Wildman–Crippen LogP) is 1.11. The zero-order valence-electron chi connectivity index (χ0n) is 8.53. The summed E-state index contributed by atoms with van der Waals surface area (Å²) >= 11 is 0. The van der Waals surface area contributed by atoms with Crippen LogP contribution in [0.4, 0.5) is 0 Å². The first-order valence-corrected chi connectivity index (χ1v) is 4.62. The Balaban J connectivity index is 2.87. The summed E-state index contributed by atoms with van der Waals surface area (Å²) < 4.78 is 0. The lowest BCUT2D eigenvalue weighted by Gasteiger charge is -2.10. The molecule has 0 radical (unpaired) electrons. The monoisotopic (exact) mass is 206 g/mol. The SMILES string of the molecule is CC(=N)C(N)Cc1ccc(O)c(C=O)c1. The fraction of sp³-hybridized carbons (Fsp3) is 0.273. The van der Waals surface area contributed by atoms with Crippen LogP contribution in [0.25, 0.3) is 0 Å². The molecule has 1 aromatic carbocycles. The molecule has 4 heteroatoms. The molecule has 0 spiro atoms. The standard InChI is InChI=1S/C11H14N2O2/c1-7(12)10(13)5-8-2-3-11(15)9(4-8)6-14/h2-4,6,10,12,15H,5,13H2,1H3. The molecule has 0 aromatic heterocycles. The summed E-state index contributed by atoms with van der Waals surface area (Å²) in [6, 6.07) is 4.41. The van der Waals surface area contributed by atoms with Gasteiger partial charge >= 0.3 is 0 Å². The van der Waals surface area contributed by atoms with Gasteiger partial charge < -0.3 is 16.2 Å². The number of hydrogen-bond donors (Lipinski definition) is 3. The quantitative estimate of drug-likeness (QED) is 0.509. The Morgan fingerprint density at radius 3 is 2.87 bits per heavy atom. The molecule has 0 bridgehead atoms. The molecule has 0 aliphatic heterocycles. The first-order valence-electron chi connectivity index (χ1n) is 4.62. The Kier molecular flexibility index (Phi) is 3.57. The van der Waals surface area contributed by atoms with E-state index in [0.29, 0.717) is 18.4 Å². The second-order valence-corrected chi connectivity index (χ2v) is 3.50. The second-order valence-electron chi connectivity index (χ2n) is 3.50. The van der Waals surface area contributed by atoms with Crippen molar-refractivity contribution >= 4 is 12.0 Å². The van der Waals surface area contributed by atoms with Crippen molar-refractivity contribution in [1.29, 1.82) is 5.41 Å². The number of carbonyl (C=O) groups excluding carboxylic acids is 1. The van der Waals surface area contributed by atoms with E-state index >= 15 is 0 Å². The average molecular weight is 206 g/mol. The molecule has 0 aliphatic rings. The minimum atomic E-state index is -0.339. The molecule has 4 nitrogen and oxygen atoms in total. The third kappa shape index (κ3) is 2.89. The Hall–Kier alpha value is -1.68. The van der Waals surface area contributed by atoms with Gasteiger partial charge in [-0.2, -0.15) is 0 Å². The number of carbonyl (C=O) groups is 1. The topological polar surface area (TPSA) is 87.2 Å². The van der Waals surface area contributed by atoms with Crippen molar-refractivity contribution in [2.24, 2.45) is 5.73 Å². The van der Waals surface area contributed by atoms with Crippen LogP contribution in [0.3, 0.4) is 0 Å². The lowest BCUT2D eigenvalue weighted by Crippen LogP contribution is -2.30. The normalized spacial score (nSPS) is 12.1. The smallest absolute Gasteiger partial charge is 0.153 e. The molecule has 0 fully saturated rings. The highest BCUT2D eigenvalue weighted by atomic mass is 16.3. The maximum absolute atomic E-state index is 10.6. The van der Waals surface area contributed by atoms with Crippen LogP contribution in [-0.4, -0.2) is 23.1 Å². The molecule has 0 aliphatic carbocycles. The number of rotatable bonds is 4. The Labute approximate surface area is 88.2 Å². The van der Waals surface area contributed by atoms with Crippen LogP contribution in [0.2, 0.25) is 0 Å². The van der Waals surface area contributed by atoms with Crippen molar-refractivity contribution < 1.29 is 9.90 Å². The summed E-state index contributed by atoms with van der Waals surface area (Å²) in [5.41, 5.74) is 7.20. The summed E-state index contributed by atoms with van der Waals surface area (Å²) in [4.78, 5) is 10.6. The number of phenols is 1. The van der Waals surface area contributed by atoms with Crippen LogP contribution in [-0.2, 0) is 6.42 Å². The minimum Gasteiger partial charge on any atom is -0.507 e. The molecule has 1 rings (SSSR count). The summed E-state index contributed by atoms with van der Waals surface area (Å²) in [5.74, 6) is -0.0334. The molecule has 0 heterocycles. The van der Waals surface area contributed by atoms with E-state index in [1.807, 2.05) is 0 Å². The highest BCUT2D eigenvalue weighted by molar-refractivity contribution is 5.84. The van der Waals surface area contributed by atoms with E-state index in [2.05, 4.69) is 0 Å². The number of aldehydes is 1. The van der Waals surface area contributed by atoms with Gasteiger partial charge in [0.2, 0.25) is 0 Å². The molecule has 1 unspecified atom stereocenters. The van der Waals surface area contributed by atoms with E-state index in [1.165, 1.54) is 6.07 Å². The lowest BCUT2D eigenvalue weighted by molar-refractivity contribution is 0.112. The van der Waals surface area contributed by atoms with E-state index < -0.39 is 0 Å². The van der Waals surface area contributed by atoms with E-state index in [9.17, 15) is 9.90 Å². The van der Waals surface area contributed by atoms with Gasteiger partial charge in [-0.3, -0.25) is 4.79 Å². The van der Waals surface area contributed by atoms with E-state index in [0.717, 1.165) is 5.56 Å². The molecule has 0 saturated heterocycles. The van der Waals surface area contributed by atoms with Crippen molar-refractivity contribution in [3.05, 3.63) is 29.3 Å². The fourth-order valence-corrected chi connectivity index (χ4v) is 1.23. The first kappa shape index (κ1) is 11.4. The fourth-order valence-electron chi connectivity index (χ4n) is 1.23. The number of nitrogens with one attached hydrogen (secondary N) is 1. The molecule has 1 aromatic rings. The molecule has 1 atom stereocenters. The molecule has 15 heavy (non-hydrogen) atoms. The largest absolute Gasteiger partial charge is 0.507 e. The zero-order chi connectivity index (χ0) is 11.4. The maximum Gasteiger partial charge on any atom is 0.153 e. The highest BCUT2D eigenvalue weighted by Gasteiger charge is 2.08. The van der Waals surface area contributed by atoms with Gasteiger partial charge in [0.05, 0.1) is 5.56 Å². The zero-order valence-corrected chi connectivity index (χ0v) is 8.53. The van der Waals surface area contributed by atoms with Crippen LogP contribution < -0.4 is 5.73 Å². The van der Waals surface area contributed by atoms with Gasteiger partial charge in [-0.25, -0.2) is 0 Å². The van der Waals surface area contributed by atoms with Crippen molar-refractivity contribution in [1.82, 2.24) is 0 Å². The van der Waals surface area contributed by atoms with Gasteiger partial charge in [-0.1, -0.05) is 6.07 Å². The Morgan fingerprint density at radius 2 is 2.33 bits per heavy atom. The third-order valence-corrected chi connectivity index (χ3v) is 2.23. The minimum absolute atomic E-state index is 0.0334. The van der Waals surface area contributed by atoms with E-state index in [1.54, 1.807) is 19.1 Å². The maximum atomic E-state index is 10.6. The number of hydrogen-bond acceptors (Lipinski definition) is 4. The average Bonchev–Trinajstić information content (AvgIpc) is 2.20. The van der Waals surface area contributed by atoms with Crippen molar-refractivity contribution in [3.63, 3.8) is 0 Å². The molecular weight excluding hydrogens is 192 g/mol. The second kappa shape index (κ2) is 4.70. The Bertz CT molecular complexity index is 388. The number of aromatic hydroxyl groups is 1. The summed E-state index contributed by atoms with van der Waals surface area (Å²) in [5, 5.41) is 16.6. The van der Waals surface area contributed by atoms with E-state index in [4.69, 9.17) is 11.1 Å². The van der Waals surface area contributed by atoms with Crippen molar-refractivity contribution in [2.45, 2.75) is 19.4 Å². The van der Waals surface area contributed by atoms with Gasteiger partial charge in [0.1, 0.15) is 5.75 Å².